The molecule has 0 aliphatic rings. The molecule has 1 aromatic carbocycles. The zero-order valence-electron chi connectivity index (χ0n) is 13.7. The van der Waals surface area contributed by atoms with Crippen molar-refractivity contribution in [1.82, 2.24) is 10.4 Å². The number of hydrogen-bond donors (Lipinski definition) is 3. The van der Waals surface area contributed by atoms with E-state index >= 15 is 0 Å². The van der Waals surface area contributed by atoms with Crippen molar-refractivity contribution < 1.29 is 27.4 Å². The van der Waals surface area contributed by atoms with Crippen LogP contribution in [0.3, 0.4) is 0 Å². The van der Waals surface area contributed by atoms with E-state index in [-0.39, 0.29) is 53.4 Å². The Hall–Kier alpha value is -1.15. The summed E-state index contributed by atoms with van der Waals surface area (Å²) in [5, 5.41) is 18.7. The molecule has 8 heteroatoms. The molecule has 1 unspecified atom stereocenters. The first-order valence-corrected chi connectivity index (χ1v) is 5.98. The van der Waals surface area contributed by atoms with Crippen LogP contribution in [0, 0.1) is 0 Å². The summed E-state index contributed by atoms with van der Waals surface area (Å²) in [4.78, 5) is 34.0. The van der Waals surface area contributed by atoms with E-state index in [1.54, 1.807) is 30.3 Å². The molecule has 0 fully saturated rings. The van der Waals surface area contributed by atoms with Crippen molar-refractivity contribution in [2.24, 2.45) is 0 Å². The van der Waals surface area contributed by atoms with Gasteiger partial charge in [-0.25, -0.2) is 10.2 Å². The maximum atomic E-state index is 12.2. The normalized spacial score (nSPS) is 11.1. The fourth-order valence-corrected chi connectivity index (χ4v) is 1.74. The molecule has 0 radical (unpaired) electrons. The van der Waals surface area contributed by atoms with Crippen molar-refractivity contribution in [3.8, 4) is 0 Å². The minimum atomic E-state index is -1.26. The Morgan fingerprint density at radius 2 is 1.81 bits per heavy atom. The number of hydrogen-bond acceptors (Lipinski definition) is 4. The van der Waals surface area contributed by atoms with Crippen molar-refractivity contribution in [1.29, 1.82) is 0 Å². The Balaban J connectivity index is -0.00000133. The Labute approximate surface area is 154 Å². The number of carbonyl (C=O) groups is 3. The Bertz CT molecular complexity index is 504. The summed E-state index contributed by atoms with van der Waals surface area (Å²) in [6.45, 7) is 0. The van der Waals surface area contributed by atoms with Crippen LogP contribution in [0.4, 0.5) is 0 Å². The second-order valence-electron chi connectivity index (χ2n) is 4.05. The van der Waals surface area contributed by atoms with Crippen LogP contribution in [0.1, 0.15) is 26.1 Å². The molecule has 1 amide bonds. The van der Waals surface area contributed by atoms with Gasteiger partial charge in [-0.15, -0.1) is 0 Å². The standard InChI is InChI=1S/C13H16N2O5.Ca.2H/c1-14-15(10(13(19)20)7-8-11(16)17)12(18)9-5-3-2-4-6-9;;;/h2-6,10,14H,7-8H2,1H3,(H,16,17)(H,19,20);;;/q;+2;2*-1. The van der Waals surface area contributed by atoms with Crippen LogP contribution in [-0.4, -0.2) is 83.9 Å². The summed E-state index contributed by atoms with van der Waals surface area (Å²) >= 11 is 0. The average Bonchev–Trinajstić information content (AvgIpc) is 2.43. The Morgan fingerprint density at radius 3 is 2.24 bits per heavy atom. The molecule has 0 bridgehead atoms. The molecular weight excluding hydrogens is 304 g/mol. The summed E-state index contributed by atoms with van der Waals surface area (Å²) < 4.78 is 0. The first-order valence-electron chi connectivity index (χ1n) is 5.98. The summed E-state index contributed by atoms with van der Waals surface area (Å²) in [6.07, 6.45) is -0.513. The van der Waals surface area contributed by atoms with E-state index in [1.807, 2.05) is 0 Å². The van der Waals surface area contributed by atoms with Crippen molar-refractivity contribution in [3.05, 3.63) is 35.9 Å². The maximum absolute atomic E-state index is 12.2. The molecule has 112 valence electrons. The summed E-state index contributed by atoms with van der Waals surface area (Å²) in [5.74, 6) is -2.89. The van der Waals surface area contributed by atoms with Crippen LogP contribution in [0.5, 0.6) is 0 Å². The van der Waals surface area contributed by atoms with E-state index in [4.69, 9.17) is 10.2 Å². The predicted molar refractivity (Wildman–Crippen MR) is 77.9 cm³/mol. The van der Waals surface area contributed by atoms with E-state index in [0.29, 0.717) is 5.56 Å². The molecule has 0 saturated heterocycles. The fourth-order valence-electron chi connectivity index (χ4n) is 1.74. The van der Waals surface area contributed by atoms with Crippen LogP contribution in [-0.2, 0) is 9.59 Å². The molecule has 1 aromatic rings. The van der Waals surface area contributed by atoms with E-state index in [0.717, 1.165) is 5.01 Å². The fraction of sp³-hybridized carbons (Fsp3) is 0.308. The first kappa shape index (κ1) is 19.8. The number of nitrogens with one attached hydrogen (secondary N) is 1. The number of aliphatic carboxylic acids is 2. The summed E-state index contributed by atoms with van der Waals surface area (Å²) in [6, 6.07) is 6.93. The van der Waals surface area contributed by atoms with Gasteiger partial charge in [0.05, 0.1) is 0 Å². The van der Waals surface area contributed by atoms with Gasteiger partial charge < -0.3 is 13.1 Å². The van der Waals surface area contributed by atoms with Gasteiger partial charge in [-0.2, -0.15) is 0 Å². The number of rotatable bonds is 7. The zero-order valence-corrected chi connectivity index (χ0v) is 13.9. The quantitative estimate of drug-likeness (QED) is 0.496. The third-order valence-electron chi connectivity index (χ3n) is 2.71. The largest absolute Gasteiger partial charge is 2.00 e. The van der Waals surface area contributed by atoms with Gasteiger partial charge in [0.2, 0.25) is 0 Å². The van der Waals surface area contributed by atoms with Crippen LogP contribution in [0.2, 0.25) is 0 Å². The minimum absolute atomic E-state index is 0. The molecule has 0 heterocycles. The Kier molecular flexibility index (Phi) is 9.19. The van der Waals surface area contributed by atoms with Gasteiger partial charge >= 0.3 is 49.7 Å². The predicted octanol–water partition coefficient (Wildman–Crippen LogP) is 0.425. The molecule has 3 N–H and O–H groups in total. The molecule has 0 spiro atoms. The maximum Gasteiger partial charge on any atom is 2.00 e. The molecular formula is C13H18CaN2O5. The monoisotopic (exact) mass is 322 g/mol. The van der Waals surface area contributed by atoms with Gasteiger partial charge in [0.15, 0.2) is 0 Å². The minimum Gasteiger partial charge on any atom is -1.00 e. The zero-order chi connectivity index (χ0) is 15.1. The number of nitrogens with zero attached hydrogens (tertiary/aromatic N) is 1. The molecule has 7 nitrogen and oxygen atoms in total. The van der Waals surface area contributed by atoms with Gasteiger partial charge in [-0.3, -0.25) is 14.6 Å². The summed E-state index contributed by atoms with van der Waals surface area (Å²) in [5.41, 5.74) is 2.84. The number of carboxylic acid groups (broad SMARTS) is 2. The van der Waals surface area contributed by atoms with E-state index in [1.165, 1.54) is 7.05 Å². The number of benzene rings is 1. The van der Waals surface area contributed by atoms with Gasteiger partial charge in [0.1, 0.15) is 6.04 Å². The van der Waals surface area contributed by atoms with Crippen molar-refractivity contribution >= 4 is 55.6 Å². The number of amides is 1. The second kappa shape index (κ2) is 9.73. The van der Waals surface area contributed by atoms with Gasteiger partial charge in [-0.1, -0.05) is 18.2 Å². The van der Waals surface area contributed by atoms with Crippen LogP contribution in [0.15, 0.2) is 30.3 Å². The third kappa shape index (κ3) is 6.01. The molecule has 1 atom stereocenters. The smallest absolute Gasteiger partial charge is 1.00 e. The van der Waals surface area contributed by atoms with E-state index in [2.05, 4.69) is 5.43 Å². The number of hydrazine groups is 1. The van der Waals surface area contributed by atoms with Crippen LogP contribution >= 0.6 is 0 Å². The first-order chi connectivity index (χ1) is 9.47. The number of carboxylic acids is 2. The average molecular weight is 322 g/mol. The van der Waals surface area contributed by atoms with Gasteiger partial charge in [-0.05, 0) is 18.6 Å². The van der Waals surface area contributed by atoms with Gasteiger partial charge in [0, 0.05) is 19.0 Å². The van der Waals surface area contributed by atoms with Crippen molar-refractivity contribution in [2.75, 3.05) is 7.05 Å². The molecule has 0 aliphatic heterocycles. The molecule has 0 saturated carbocycles. The van der Waals surface area contributed by atoms with E-state index in [9.17, 15) is 14.4 Å². The van der Waals surface area contributed by atoms with E-state index < -0.39 is 23.9 Å². The SMILES string of the molecule is CNN(C(=O)c1ccccc1)C(CCC(=O)O)C(=O)O.[Ca+2].[H-].[H-]. The third-order valence-corrected chi connectivity index (χ3v) is 2.71. The van der Waals surface area contributed by atoms with Crippen molar-refractivity contribution in [2.45, 2.75) is 18.9 Å². The van der Waals surface area contributed by atoms with Crippen molar-refractivity contribution in [3.63, 3.8) is 0 Å². The number of carbonyl (C=O) groups excluding carboxylic acids is 1. The molecule has 21 heavy (non-hydrogen) atoms. The molecule has 0 aromatic heterocycles. The van der Waals surface area contributed by atoms with Gasteiger partial charge in [0.25, 0.3) is 5.91 Å². The van der Waals surface area contributed by atoms with Crippen LogP contribution in [0.25, 0.3) is 0 Å². The topological polar surface area (TPSA) is 107 Å². The van der Waals surface area contributed by atoms with Crippen LogP contribution < -0.4 is 5.43 Å². The molecule has 0 aliphatic carbocycles. The second-order valence-corrected chi connectivity index (χ2v) is 4.05. The Morgan fingerprint density at radius 1 is 1.24 bits per heavy atom. The molecule has 1 rings (SSSR count). The summed E-state index contributed by atoms with van der Waals surface area (Å²) in [7, 11) is 1.41.